The summed E-state index contributed by atoms with van der Waals surface area (Å²) in [5, 5.41) is 0.506. The first-order valence-electron chi connectivity index (χ1n) is 14.4. The highest BCUT2D eigenvalue weighted by Gasteiger charge is 2.47. The van der Waals surface area contributed by atoms with Gasteiger partial charge in [0.2, 0.25) is 0 Å². The second kappa shape index (κ2) is 11.0. The Labute approximate surface area is 253 Å². The first-order valence-corrected chi connectivity index (χ1v) is 14.4. The van der Waals surface area contributed by atoms with Crippen molar-refractivity contribution in [2.75, 3.05) is 20.3 Å². The number of nitrogens with zero attached hydrogens (tertiary/aromatic N) is 2. The van der Waals surface area contributed by atoms with Crippen molar-refractivity contribution in [3.05, 3.63) is 125 Å². The van der Waals surface area contributed by atoms with Gasteiger partial charge in [0, 0.05) is 12.5 Å². The molecule has 9 heteroatoms. The molecule has 3 aliphatic rings. The van der Waals surface area contributed by atoms with Gasteiger partial charge in [-0.1, -0.05) is 77.9 Å². The molecule has 44 heavy (non-hydrogen) atoms. The van der Waals surface area contributed by atoms with Crippen LogP contribution in [0.1, 0.15) is 55.8 Å². The second-order valence-corrected chi connectivity index (χ2v) is 11.0. The largest absolute Gasteiger partial charge is 0.497 e. The van der Waals surface area contributed by atoms with Crippen LogP contribution in [-0.2, 0) is 14.4 Å². The minimum atomic E-state index is -0.869. The minimum Gasteiger partial charge on any atom is -0.497 e. The average Bonchev–Trinajstić information content (AvgIpc) is 3.72. The second-order valence-electron chi connectivity index (χ2n) is 11.0. The summed E-state index contributed by atoms with van der Waals surface area (Å²) in [5.74, 6) is -2.65. The topological polar surface area (TPSA) is 102 Å². The van der Waals surface area contributed by atoms with Crippen molar-refractivity contribution in [1.29, 1.82) is 0 Å². The van der Waals surface area contributed by atoms with E-state index in [0.29, 0.717) is 16.4 Å². The van der Waals surface area contributed by atoms with Crippen molar-refractivity contribution in [3.8, 4) is 16.9 Å². The third-order valence-corrected chi connectivity index (χ3v) is 8.64. The lowest BCUT2D eigenvalue weighted by Crippen LogP contribution is -2.38. The predicted molar refractivity (Wildman–Crippen MR) is 159 cm³/mol. The van der Waals surface area contributed by atoms with E-state index in [0.717, 1.165) is 22.3 Å². The van der Waals surface area contributed by atoms with Gasteiger partial charge in [-0.15, -0.1) is 0 Å². The molecule has 0 spiro atoms. The molecule has 1 fully saturated rings. The molecule has 220 valence electrons. The number of fused-ring (bicyclic) bond motifs is 4. The third-order valence-electron chi connectivity index (χ3n) is 8.64. The third kappa shape index (κ3) is 4.48. The molecule has 9 nitrogen and oxygen atoms in total. The number of methoxy groups -OCH3 is 1. The van der Waals surface area contributed by atoms with Crippen LogP contribution in [0.5, 0.6) is 5.75 Å². The fourth-order valence-corrected chi connectivity index (χ4v) is 6.57. The molecule has 2 aliphatic heterocycles. The summed E-state index contributed by atoms with van der Waals surface area (Å²) in [7, 11) is 1.53. The summed E-state index contributed by atoms with van der Waals surface area (Å²) >= 11 is 0. The van der Waals surface area contributed by atoms with Crippen molar-refractivity contribution in [3.63, 3.8) is 0 Å². The van der Waals surface area contributed by atoms with Crippen molar-refractivity contribution in [2.45, 2.75) is 18.4 Å². The minimum absolute atomic E-state index is 0.123. The van der Waals surface area contributed by atoms with Gasteiger partial charge in [-0.3, -0.25) is 9.59 Å². The molecule has 0 saturated carbocycles. The van der Waals surface area contributed by atoms with Crippen LogP contribution in [0.4, 0.5) is 4.79 Å². The fraction of sp³-hybridized carbons (Fsp3) is 0.200. The number of hydrogen-bond acceptors (Lipinski definition) is 7. The molecule has 3 amide bonds. The molecule has 4 aromatic rings. The van der Waals surface area contributed by atoms with Gasteiger partial charge >= 0.3 is 12.1 Å². The Bertz CT molecular complexity index is 1740. The standard InChI is InChI=1S/C35H28N2O7/c1-42-22-10-8-9-21(19-22)31-29(34(40)44-37-32(38)27-15-6-7-16-28(27)33(37)39)17-18-36(31)35(41)43-20-30-25-13-4-2-11-23(25)24-12-3-5-14-26(24)30/h2-16,19,29-31H,17-18,20H2,1H3/t29-,31-/m0/s1. The van der Waals surface area contributed by atoms with Crippen LogP contribution in [0.2, 0.25) is 0 Å². The smallest absolute Gasteiger partial charge is 0.410 e. The van der Waals surface area contributed by atoms with Gasteiger partial charge in [0.15, 0.2) is 0 Å². The molecule has 7 rings (SSSR count). The first-order chi connectivity index (χ1) is 21.5. The van der Waals surface area contributed by atoms with E-state index in [-0.39, 0.29) is 36.6 Å². The zero-order valence-electron chi connectivity index (χ0n) is 23.8. The number of carbonyl (C=O) groups excluding carboxylic acids is 4. The summed E-state index contributed by atoms with van der Waals surface area (Å²) in [5.41, 5.74) is 5.40. The fourth-order valence-electron chi connectivity index (χ4n) is 6.57. The van der Waals surface area contributed by atoms with Gasteiger partial charge in [-0.05, 0) is 58.5 Å². The number of rotatable bonds is 6. The quantitative estimate of drug-likeness (QED) is 0.264. The van der Waals surface area contributed by atoms with Crippen LogP contribution in [0.25, 0.3) is 11.1 Å². The van der Waals surface area contributed by atoms with Crippen LogP contribution in [-0.4, -0.2) is 54.1 Å². The Hall–Kier alpha value is -5.44. The summed E-state index contributed by atoms with van der Waals surface area (Å²) in [6.07, 6.45) is -0.329. The van der Waals surface area contributed by atoms with Crippen LogP contribution < -0.4 is 4.74 Å². The van der Waals surface area contributed by atoms with Crippen molar-refractivity contribution >= 4 is 23.9 Å². The first kappa shape index (κ1) is 27.4. The van der Waals surface area contributed by atoms with Gasteiger partial charge in [0.25, 0.3) is 11.8 Å². The van der Waals surface area contributed by atoms with Crippen LogP contribution >= 0.6 is 0 Å². The van der Waals surface area contributed by atoms with Crippen LogP contribution in [0.3, 0.4) is 0 Å². The number of carbonyl (C=O) groups is 4. The SMILES string of the molecule is COc1cccc([C@H]2[C@@H](C(=O)ON3C(=O)c4ccccc4C3=O)CCN2C(=O)OCC2c3ccccc3-c3ccccc32)c1. The lowest BCUT2D eigenvalue weighted by atomic mass is 9.93. The Kier molecular flexibility index (Phi) is 6.85. The van der Waals surface area contributed by atoms with Crippen LogP contribution in [0, 0.1) is 5.92 Å². The zero-order valence-corrected chi connectivity index (χ0v) is 23.8. The zero-order chi connectivity index (χ0) is 30.4. The van der Waals surface area contributed by atoms with Gasteiger partial charge < -0.3 is 19.2 Å². The molecule has 0 radical (unpaired) electrons. The van der Waals surface area contributed by atoms with E-state index in [2.05, 4.69) is 12.1 Å². The summed E-state index contributed by atoms with van der Waals surface area (Å²) in [6.45, 7) is 0.332. The predicted octanol–water partition coefficient (Wildman–Crippen LogP) is 5.76. The van der Waals surface area contributed by atoms with E-state index >= 15 is 0 Å². The van der Waals surface area contributed by atoms with Crippen LogP contribution in [0.15, 0.2) is 97.1 Å². The van der Waals surface area contributed by atoms with Gasteiger partial charge in [0.1, 0.15) is 12.4 Å². The average molecular weight is 589 g/mol. The normalized spacial score (nSPS) is 18.6. The summed E-state index contributed by atoms with van der Waals surface area (Å²) in [6, 6.07) is 28.8. The van der Waals surface area contributed by atoms with Gasteiger partial charge in [-0.25, -0.2) is 9.59 Å². The van der Waals surface area contributed by atoms with E-state index in [1.807, 2.05) is 36.4 Å². The number of ether oxygens (including phenoxy) is 2. The maximum atomic E-state index is 13.7. The maximum Gasteiger partial charge on any atom is 0.410 e. The lowest BCUT2D eigenvalue weighted by Gasteiger charge is -2.28. The number of hydroxylamine groups is 2. The Morgan fingerprint density at radius 1 is 0.773 bits per heavy atom. The number of benzene rings is 4. The number of imide groups is 1. The molecule has 0 unspecified atom stereocenters. The van der Waals surface area contributed by atoms with Gasteiger partial charge in [0.05, 0.1) is 30.2 Å². The van der Waals surface area contributed by atoms with Gasteiger partial charge in [-0.2, -0.15) is 0 Å². The van der Waals surface area contributed by atoms with E-state index in [4.69, 9.17) is 14.3 Å². The molecule has 2 heterocycles. The van der Waals surface area contributed by atoms with Crippen molar-refractivity contribution < 1.29 is 33.5 Å². The molecule has 1 saturated heterocycles. The van der Waals surface area contributed by atoms with Crippen molar-refractivity contribution in [2.24, 2.45) is 5.92 Å². The molecule has 2 atom stereocenters. The van der Waals surface area contributed by atoms with Crippen molar-refractivity contribution in [1.82, 2.24) is 9.96 Å². The van der Waals surface area contributed by atoms with E-state index in [9.17, 15) is 19.2 Å². The lowest BCUT2D eigenvalue weighted by molar-refractivity contribution is -0.174. The summed E-state index contributed by atoms with van der Waals surface area (Å²) < 4.78 is 11.4. The highest BCUT2D eigenvalue weighted by atomic mass is 16.7. The highest BCUT2D eigenvalue weighted by molar-refractivity contribution is 6.20. The number of amides is 3. The van der Waals surface area contributed by atoms with E-state index in [1.165, 1.54) is 24.1 Å². The van der Waals surface area contributed by atoms with E-state index < -0.39 is 35.8 Å². The molecule has 4 aromatic carbocycles. The Balaban J connectivity index is 1.13. The highest BCUT2D eigenvalue weighted by Crippen LogP contribution is 2.45. The Morgan fingerprint density at radius 3 is 1.98 bits per heavy atom. The molecular formula is C35H28N2O7. The molecule has 0 bridgehead atoms. The molecular weight excluding hydrogens is 560 g/mol. The number of hydrogen-bond donors (Lipinski definition) is 0. The van der Waals surface area contributed by atoms with E-state index in [1.54, 1.807) is 36.4 Å². The molecule has 1 aliphatic carbocycles. The summed E-state index contributed by atoms with van der Waals surface area (Å²) in [4.78, 5) is 60.1. The molecule has 0 aromatic heterocycles. The maximum absolute atomic E-state index is 13.7. The monoisotopic (exact) mass is 588 g/mol. The number of likely N-dealkylation sites (tertiary alicyclic amines) is 1. The molecule has 0 N–H and O–H groups in total. The Morgan fingerprint density at radius 2 is 1.36 bits per heavy atom.